The van der Waals surface area contributed by atoms with E-state index >= 15 is 0 Å². The minimum absolute atomic E-state index is 0.0526. The lowest BCUT2D eigenvalue weighted by Crippen LogP contribution is -2.38. The van der Waals surface area contributed by atoms with Gasteiger partial charge in [0, 0.05) is 28.8 Å². The smallest absolute Gasteiger partial charge is 0.229 e. The normalized spacial score (nSPS) is 21.4. The number of thioether (sulfide) groups is 1. The van der Waals surface area contributed by atoms with Crippen LogP contribution < -0.4 is 0 Å². The minimum Gasteiger partial charge on any atom is -0.339 e. The fraction of sp³-hybridized carbons (Fsp3) is 0.526. The average molecular weight is 357 g/mol. The number of carbonyl (C=O) groups excluding carboxylic acids is 1. The molecule has 1 saturated heterocycles. The van der Waals surface area contributed by atoms with E-state index in [2.05, 4.69) is 15.0 Å². The topological polar surface area (TPSA) is 59.2 Å². The molecular weight excluding hydrogens is 334 g/mol. The standard InChI is InChI=1S/C19H23N3O2S/c1-25-16-7-3-2-6-15(16)18(23)14-5-4-10-22(11-14)12-17-20-19(24-21-17)13-8-9-13/h2-3,6-7,13-14H,4-5,8-12H2,1H3/t14-/m0/s1. The number of Topliss-reactive ketones (excluding diaryl/α,β-unsaturated/α-hetero) is 1. The van der Waals surface area contributed by atoms with Crippen LogP contribution in [0.25, 0.3) is 0 Å². The van der Waals surface area contributed by atoms with Gasteiger partial charge in [-0.2, -0.15) is 4.98 Å². The molecule has 2 heterocycles. The van der Waals surface area contributed by atoms with Crippen molar-refractivity contribution in [3.8, 4) is 0 Å². The molecule has 1 atom stereocenters. The Morgan fingerprint density at radius 2 is 2.16 bits per heavy atom. The lowest BCUT2D eigenvalue weighted by Gasteiger charge is -2.31. The summed E-state index contributed by atoms with van der Waals surface area (Å²) in [5, 5.41) is 4.11. The monoisotopic (exact) mass is 357 g/mol. The number of aromatic nitrogens is 2. The van der Waals surface area contributed by atoms with Crippen LogP contribution in [0, 0.1) is 5.92 Å². The summed E-state index contributed by atoms with van der Waals surface area (Å²) in [6, 6.07) is 7.92. The van der Waals surface area contributed by atoms with Gasteiger partial charge < -0.3 is 4.52 Å². The lowest BCUT2D eigenvalue weighted by atomic mass is 9.90. The highest BCUT2D eigenvalue weighted by Gasteiger charge is 2.31. The highest BCUT2D eigenvalue weighted by atomic mass is 32.2. The van der Waals surface area contributed by atoms with E-state index in [0.717, 1.165) is 60.9 Å². The van der Waals surface area contributed by atoms with Crippen molar-refractivity contribution in [2.45, 2.75) is 43.0 Å². The molecule has 1 saturated carbocycles. The number of hydrogen-bond donors (Lipinski definition) is 0. The summed E-state index contributed by atoms with van der Waals surface area (Å²) >= 11 is 1.64. The summed E-state index contributed by atoms with van der Waals surface area (Å²) in [5.74, 6) is 2.34. The predicted octanol–water partition coefficient (Wildman–Crippen LogP) is 3.76. The Morgan fingerprint density at radius 1 is 1.32 bits per heavy atom. The molecule has 5 nitrogen and oxygen atoms in total. The van der Waals surface area contributed by atoms with E-state index in [0.29, 0.717) is 12.5 Å². The third-order valence-electron chi connectivity index (χ3n) is 5.02. The summed E-state index contributed by atoms with van der Waals surface area (Å²) in [4.78, 5) is 20.9. The van der Waals surface area contributed by atoms with Crippen molar-refractivity contribution in [1.29, 1.82) is 0 Å². The van der Waals surface area contributed by atoms with Gasteiger partial charge in [0.25, 0.3) is 0 Å². The molecule has 0 amide bonds. The van der Waals surface area contributed by atoms with Crippen molar-refractivity contribution >= 4 is 17.5 Å². The molecule has 6 heteroatoms. The summed E-state index contributed by atoms with van der Waals surface area (Å²) in [6.07, 6.45) is 6.34. The van der Waals surface area contributed by atoms with Gasteiger partial charge in [0.2, 0.25) is 5.89 Å². The zero-order chi connectivity index (χ0) is 17.2. The molecule has 0 bridgehead atoms. The van der Waals surface area contributed by atoms with Crippen LogP contribution in [0.5, 0.6) is 0 Å². The highest BCUT2D eigenvalue weighted by molar-refractivity contribution is 7.98. The number of benzene rings is 1. The number of piperidine rings is 1. The zero-order valence-corrected chi connectivity index (χ0v) is 15.3. The number of nitrogens with zero attached hydrogens (tertiary/aromatic N) is 3. The number of rotatable bonds is 6. The summed E-state index contributed by atoms with van der Waals surface area (Å²) < 4.78 is 5.35. The van der Waals surface area contributed by atoms with Gasteiger partial charge in [0.05, 0.1) is 6.54 Å². The molecule has 25 heavy (non-hydrogen) atoms. The van der Waals surface area contributed by atoms with E-state index in [-0.39, 0.29) is 11.7 Å². The first-order valence-corrected chi connectivity index (χ1v) is 10.2. The second kappa shape index (κ2) is 7.30. The number of likely N-dealkylation sites (tertiary alicyclic amines) is 1. The first-order valence-electron chi connectivity index (χ1n) is 8.96. The Bertz CT molecular complexity index is 757. The Hall–Kier alpha value is -1.66. The quantitative estimate of drug-likeness (QED) is 0.579. The maximum Gasteiger partial charge on any atom is 0.229 e. The molecule has 1 aliphatic heterocycles. The van der Waals surface area contributed by atoms with E-state index < -0.39 is 0 Å². The average Bonchev–Trinajstić information content (AvgIpc) is 3.41. The van der Waals surface area contributed by atoms with Crippen LogP contribution in [0.3, 0.4) is 0 Å². The van der Waals surface area contributed by atoms with Gasteiger partial charge in [-0.05, 0) is 44.6 Å². The van der Waals surface area contributed by atoms with Crippen LogP contribution in [0.2, 0.25) is 0 Å². The van der Waals surface area contributed by atoms with Gasteiger partial charge in [-0.25, -0.2) is 0 Å². The lowest BCUT2D eigenvalue weighted by molar-refractivity contribution is 0.0804. The van der Waals surface area contributed by atoms with E-state index in [9.17, 15) is 4.79 Å². The first kappa shape index (κ1) is 16.8. The maximum absolute atomic E-state index is 13.0. The van der Waals surface area contributed by atoms with Gasteiger partial charge in [-0.3, -0.25) is 9.69 Å². The molecule has 0 N–H and O–H groups in total. The summed E-state index contributed by atoms with van der Waals surface area (Å²) in [7, 11) is 0. The zero-order valence-electron chi connectivity index (χ0n) is 14.5. The summed E-state index contributed by atoms with van der Waals surface area (Å²) in [6.45, 7) is 2.43. The highest BCUT2D eigenvalue weighted by Crippen LogP contribution is 2.39. The van der Waals surface area contributed by atoms with Gasteiger partial charge in [-0.15, -0.1) is 11.8 Å². The van der Waals surface area contributed by atoms with Crippen molar-refractivity contribution in [2.24, 2.45) is 5.92 Å². The second-order valence-corrected chi connectivity index (χ2v) is 7.81. The molecule has 0 unspecified atom stereocenters. The van der Waals surface area contributed by atoms with Gasteiger partial charge in [0.1, 0.15) is 0 Å². The van der Waals surface area contributed by atoms with Crippen LogP contribution in [0.15, 0.2) is 33.7 Å². The molecule has 1 aromatic carbocycles. The molecule has 2 fully saturated rings. The molecule has 0 spiro atoms. The maximum atomic E-state index is 13.0. The largest absolute Gasteiger partial charge is 0.339 e. The Morgan fingerprint density at radius 3 is 2.96 bits per heavy atom. The van der Waals surface area contributed by atoms with Gasteiger partial charge in [-0.1, -0.05) is 23.4 Å². The van der Waals surface area contributed by atoms with Crippen LogP contribution in [-0.4, -0.2) is 40.2 Å². The third kappa shape index (κ3) is 3.80. The second-order valence-electron chi connectivity index (χ2n) is 6.96. The van der Waals surface area contributed by atoms with Crippen LogP contribution in [-0.2, 0) is 6.54 Å². The van der Waals surface area contributed by atoms with Crippen LogP contribution >= 0.6 is 11.8 Å². The van der Waals surface area contributed by atoms with Crippen molar-refractivity contribution in [3.05, 3.63) is 41.5 Å². The van der Waals surface area contributed by atoms with Gasteiger partial charge >= 0.3 is 0 Å². The van der Waals surface area contributed by atoms with Crippen molar-refractivity contribution in [1.82, 2.24) is 15.0 Å². The number of ketones is 1. The van der Waals surface area contributed by atoms with Crippen molar-refractivity contribution in [2.75, 3.05) is 19.3 Å². The Kier molecular flexibility index (Phi) is 4.90. The van der Waals surface area contributed by atoms with Crippen LogP contribution in [0.1, 0.15) is 53.7 Å². The molecular formula is C19H23N3O2S. The number of hydrogen-bond acceptors (Lipinski definition) is 6. The van der Waals surface area contributed by atoms with E-state index in [1.165, 1.54) is 0 Å². The van der Waals surface area contributed by atoms with E-state index in [1.807, 2.05) is 30.5 Å². The fourth-order valence-corrected chi connectivity index (χ4v) is 4.11. The Labute approximate surface area is 152 Å². The van der Waals surface area contributed by atoms with Crippen molar-refractivity contribution in [3.63, 3.8) is 0 Å². The third-order valence-corrected chi connectivity index (χ3v) is 5.82. The van der Waals surface area contributed by atoms with E-state index in [1.54, 1.807) is 11.8 Å². The number of carbonyl (C=O) groups is 1. The van der Waals surface area contributed by atoms with Crippen LogP contribution in [0.4, 0.5) is 0 Å². The molecule has 4 rings (SSSR count). The first-order chi connectivity index (χ1) is 12.2. The molecule has 2 aromatic rings. The predicted molar refractivity (Wildman–Crippen MR) is 96.8 cm³/mol. The minimum atomic E-state index is 0.0526. The SMILES string of the molecule is CSc1ccccc1C(=O)[C@H]1CCCN(Cc2noc(C3CC3)n2)C1. The molecule has 1 aliphatic carbocycles. The Balaban J connectivity index is 1.42. The van der Waals surface area contributed by atoms with Crippen molar-refractivity contribution < 1.29 is 9.32 Å². The van der Waals surface area contributed by atoms with Gasteiger partial charge in [0.15, 0.2) is 11.6 Å². The fourth-order valence-electron chi connectivity index (χ4n) is 3.51. The summed E-state index contributed by atoms with van der Waals surface area (Å²) in [5.41, 5.74) is 0.859. The van der Waals surface area contributed by atoms with E-state index in [4.69, 9.17) is 4.52 Å². The molecule has 132 valence electrons. The molecule has 1 aromatic heterocycles. The molecule has 2 aliphatic rings. The molecule has 0 radical (unpaired) electrons.